The van der Waals surface area contributed by atoms with Gasteiger partial charge in [-0.25, -0.2) is 8.78 Å². The number of nitriles is 3. The molecule has 3 aromatic heterocycles. The first-order chi connectivity index (χ1) is 28.9. The van der Waals surface area contributed by atoms with E-state index in [-0.39, 0.29) is 97.7 Å². The molecule has 0 spiro atoms. The Morgan fingerprint density at radius 3 is 1.51 bits per heavy atom. The van der Waals surface area contributed by atoms with Gasteiger partial charge in [0, 0.05) is 36.9 Å². The second-order valence-electron chi connectivity index (χ2n) is 10.6. The van der Waals surface area contributed by atoms with E-state index in [1.807, 2.05) is 6.07 Å². The first kappa shape index (κ1) is 68.0. The summed E-state index contributed by atoms with van der Waals surface area (Å²) in [6.07, 6.45) is 0. The number of nitrogens with zero attached hydrogens (tertiary/aromatic N) is 3. The van der Waals surface area contributed by atoms with Crippen LogP contribution >= 0.6 is 52.1 Å². The Morgan fingerprint density at radius 2 is 1.16 bits per heavy atom. The Kier molecular flexibility index (Phi) is 42.7. The fourth-order valence-electron chi connectivity index (χ4n) is 3.66. The molecule has 0 radical (unpaired) electrons. The largest absolute Gasteiger partial charge is 1.00 e. The average Bonchev–Trinajstić information content (AvgIpc) is 3.27. The van der Waals surface area contributed by atoms with Gasteiger partial charge in [-0.15, -0.1) is 12.6 Å². The summed E-state index contributed by atoms with van der Waals surface area (Å²) in [5.74, 6) is -3.89. The number of aliphatic hydroxyl groups is 1. The number of aromatic amines is 3. The number of aliphatic carboxylic acids is 1. The summed E-state index contributed by atoms with van der Waals surface area (Å²) in [6.45, 7) is 9.84. The van der Waals surface area contributed by atoms with Crippen molar-refractivity contribution < 1.29 is 82.3 Å². The number of thiol groups is 1. The zero-order valence-electron chi connectivity index (χ0n) is 35.2. The quantitative estimate of drug-likeness (QED) is 0.0509. The van der Waals surface area contributed by atoms with Gasteiger partial charge < -0.3 is 49.8 Å². The zero-order valence-corrected chi connectivity index (χ0v) is 41.3. The van der Waals surface area contributed by atoms with Crippen LogP contribution in [0, 0.1) is 73.3 Å². The molecule has 0 atom stereocenters. The van der Waals surface area contributed by atoms with Crippen LogP contribution in [0.25, 0.3) is 0 Å². The summed E-state index contributed by atoms with van der Waals surface area (Å²) >= 11 is 8.58. The second kappa shape index (κ2) is 39.5. The minimum Gasteiger partial charge on any atom is -0.857 e. The molecule has 19 nitrogen and oxygen atoms in total. The van der Waals surface area contributed by atoms with Crippen LogP contribution in [0.1, 0.15) is 46.4 Å². The maximum absolute atomic E-state index is 13.2. The Hall–Kier alpha value is -4.04. The van der Waals surface area contributed by atoms with Gasteiger partial charge in [0.05, 0.1) is 70.7 Å². The molecular weight excluding hydrogens is 972 g/mol. The van der Waals surface area contributed by atoms with Gasteiger partial charge >= 0.3 is 47.5 Å². The number of halogens is 3. The number of ether oxygens (including phenoxy) is 3. The number of carboxylic acids is 1. The van der Waals surface area contributed by atoms with Crippen LogP contribution in [0.2, 0.25) is 0 Å². The van der Waals surface area contributed by atoms with E-state index in [4.69, 9.17) is 35.8 Å². The Balaban J connectivity index is -0.000000226. The topological polar surface area (TPSA) is 324 Å². The number of hydrogen-bond acceptors (Lipinski definition) is 18. The van der Waals surface area contributed by atoms with Gasteiger partial charge in [0.15, 0.2) is 11.6 Å². The van der Waals surface area contributed by atoms with Crippen molar-refractivity contribution in [1.29, 1.82) is 15.8 Å². The van der Waals surface area contributed by atoms with Crippen LogP contribution in [0.3, 0.4) is 0 Å². The predicted molar refractivity (Wildman–Crippen MR) is 233 cm³/mol. The zero-order chi connectivity index (χ0) is 47.8. The minimum atomic E-state index is -0.993. The van der Waals surface area contributed by atoms with E-state index in [0.29, 0.717) is 21.7 Å². The maximum atomic E-state index is 13.2. The molecule has 0 bridgehead atoms. The number of H-pyrrole nitrogens is 3. The van der Waals surface area contributed by atoms with E-state index in [1.165, 1.54) is 28.1 Å². The van der Waals surface area contributed by atoms with E-state index < -0.39 is 34.7 Å². The van der Waals surface area contributed by atoms with Crippen molar-refractivity contribution in [2.24, 2.45) is 0 Å². The number of rotatable bonds is 7. The van der Waals surface area contributed by atoms with Gasteiger partial charge in [0.2, 0.25) is 0 Å². The molecule has 1 fully saturated rings. The fourth-order valence-corrected chi connectivity index (χ4v) is 5.87. The molecule has 0 aromatic carbocycles. The van der Waals surface area contributed by atoms with Crippen LogP contribution in [0.15, 0.2) is 29.5 Å². The van der Waals surface area contributed by atoms with Crippen LogP contribution in [0.4, 0.5) is 8.78 Å². The summed E-state index contributed by atoms with van der Waals surface area (Å²) in [5, 5.41) is 54.2. The number of hydrogen-bond donors (Lipinski definition) is 7. The first-order valence-electron chi connectivity index (χ1n) is 16.6. The molecule has 6 N–H and O–H groups in total. The van der Waals surface area contributed by atoms with E-state index in [2.05, 4.69) is 58.3 Å². The smallest absolute Gasteiger partial charge is 0.857 e. The standard InChI is InChI=1S/C10H9FN2O3S.C10H10N2O3S.C7H5FN2OS.C4H9NO.C3H5BrO2.CH4O.CH3O.CH4.Na/c1-5-6(3-12)10(13-9(15)8(5)11)17-4-7(14)16-2;1-5-6(2)9(15)12-10(7(5)3-11)16-4-8(13)14;1-3-4(2-9)7(12)10-6(11)5(3)8;1-3-6-4-2-5-1;1-6-3(5)2-4;2*1-2;;/h4H2,1-2H3,(H,13,15);4H2,1-2H3,(H,12,15)(H,13,14);1H3,(H2,10,11,12);5H,1-4H2;2H2,1H3;2H,1H3;1H3;1H4;/q;;;;;;-1;;+1. The van der Waals surface area contributed by atoms with Crippen molar-refractivity contribution in [2.45, 2.75) is 50.2 Å². The molecule has 1 aliphatic rings. The van der Waals surface area contributed by atoms with Gasteiger partial charge in [0.1, 0.15) is 23.5 Å². The van der Waals surface area contributed by atoms with Crippen LogP contribution in [-0.2, 0) is 28.6 Å². The van der Waals surface area contributed by atoms with Crippen LogP contribution < -0.4 is 56.7 Å². The molecule has 0 saturated carbocycles. The van der Waals surface area contributed by atoms with Gasteiger partial charge in [0.25, 0.3) is 16.7 Å². The number of pyridine rings is 3. The summed E-state index contributed by atoms with van der Waals surface area (Å²) in [5.41, 5.74) is -0.533. The monoisotopic (exact) mass is 1020 g/mol. The number of alkyl halides is 1. The molecular formula is C37H49BrF2N7NaO12S3. The molecule has 3 aromatic rings. The first-order valence-corrected chi connectivity index (χ1v) is 20.2. The van der Waals surface area contributed by atoms with Crippen molar-refractivity contribution in [3.63, 3.8) is 0 Å². The van der Waals surface area contributed by atoms with Crippen molar-refractivity contribution >= 4 is 70.0 Å². The molecule has 1 aliphatic heterocycles. The summed E-state index contributed by atoms with van der Waals surface area (Å²) in [6, 6.07) is 5.51. The SMILES string of the molecule is C.C1COCCN1.CO.COC(=O)CBr.COC(=O)CSc1[nH]c(=O)c(F)c(C)c1C#N.C[O-].Cc1c(C#N)c(S)[nH]c(=O)c1F.Cc1c(C#N)c(SCC(=O)O)[nH]c(=O)c1C.[Na+]. The third kappa shape index (κ3) is 25.7. The van der Waals surface area contributed by atoms with E-state index in [1.54, 1.807) is 26.0 Å². The number of carboxylic acid groups (broad SMARTS) is 1. The third-order valence-corrected chi connectivity index (χ3v) is 9.64. The Labute approximate surface area is 407 Å². The molecule has 63 heavy (non-hydrogen) atoms. The van der Waals surface area contributed by atoms with Gasteiger partial charge in [-0.1, -0.05) is 46.9 Å². The van der Waals surface area contributed by atoms with Crippen molar-refractivity contribution in [2.75, 3.05) is 71.6 Å². The summed E-state index contributed by atoms with van der Waals surface area (Å²) < 4.78 is 39.7. The number of methoxy groups -OCH3 is 2. The maximum Gasteiger partial charge on any atom is 1.00 e. The third-order valence-electron chi connectivity index (χ3n) is 6.88. The van der Waals surface area contributed by atoms with Gasteiger partial charge in [-0.3, -0.25) is 28.8 Å². The van der Waals surface area contributed by atoms with Crippen LogP contribution in [0.5, 0.6) is 0 Å². The summed E-state index contributed by atoms with van der Waals surface area (Å²) in [4.78, 5) is 71.5. The number of aromatic nitrogens is 3. The number of esters is 2. The summed E-state index contributed by atoms with van der Waals surface area (Å²) in [7, 11) is 4.33. The molecule has 1 saturated heterocycles. The van der Waals surface area contributed by atoms with Crippen molar-refractivity contribution in [3.8, 4) is 18.2 Å². The number of carbonyl (C=O) groups excluding carboxylic acids is 2. The molecule has 26 heteroatoms. The predicted octanol–water partition coefficient (Wildman–Crippen LogP) is -0.632. The molecule has 4 rings (SSSR count). The van der Waals surface area contributed by atoms with Crippen molar-refractivity contribution in [1.82, 2.24) is 20.3 Å². The van der Waals surface area contributed by atoms with E-state index >= 15 is 0 Å². The van der Waals surface area contributed by atoms with E-state index in [0.717, 1.165) is 64.0 Å². The molecule has 0 aliphatic carbocycles. The number of aliphatic hydroxyl groups excluding tert-OH is 1. The van der Waals surface area contributed by atoms with Gasteiger partial charge in [-0.05, 0) is 33.3 Å². The molecule has 4 heterocycles. The number of nitrogens with one attached hydrogen (secondary N) is 4. The normalized spacial score (nSPS) is 10.1. The van der Waals surface area contributed by atoms with Crippen molar-refractivity contribution in [3.05, 3.63) is 81.6 Å². The molecule has 344 valence electrons. The Morgan fingerprint density at radius 1 is 0.762 bits per heavy atom. The second-order valence-corrected chi connectivity index (χ2v) is 13.6. The molecule has 0 amide bonds. The minimum absolute atomic E-state index is 0. The van der Waals surface area contributed by atoms with E-state index in [9.17, 15) is 37.5 Å². The van der Waals surface area contributed by atoms with Gasteiger partial charge in [-0.2, -0.15) is 22.9 Å². The number of morpholine rings is 1. The fraction of sp³-hybridized carbons (Fsp3) is 0.432. The average molecular weight is 1020 g/mol. The van der Waals surface area contributed by atoms with Crippen LogP contribution in [-0.4, -0.2) is 115 Å². The number of thioether (sulfide) groups is 2. The molecule has 0 unspecified atom stereocenters. The Bertz CT molecular complexity index is 2190. The number of carbonyl (C=O) groups is 3.